The van der Waals surface area contributed by atoms with E-state index in [0.29, 0.717) is 5.01 Å². The van der Waals surface area contributed by atoms with E-state index in [1.54, 1.807) is 0 Å². The van der Waals surface area contributed by atoms with Gasteiger partial charge >= 0.3 is 0 Å². The van der Waals surface area contributed by atoms with E-state index in [0.717, 1.165) is 31.7 Å². The van der Waals surface area contributed by atoms with E-state index < -0.39 is 27.8 Å². The van der Waals surface area contributed by atoms with Crippen LogP contribution >= 0.6 is 27.3 Å². The molecule has 3 rings (SSSR count). The van der Waals surface area contributed by atoms with Crippen LogP contribution in [0.5, 0.6) is 0 Å². The van der Waals surface area contributed by atoms with Crippen LogP contribution in [0, 0.1) is 5.82 Å². The molecule has 0 aliphatic rings. The number of thiazole rings is 1. The van der Waals surface area contributed by atoms with Crippen molar-refractivity contribution in [3.63, 3.8) is 0 Å². The van der Waals surface area contributed by atoms with Crippen LogP contribution in [0.1, 0.15) is 11.6 Å². The third kappa shape index (κ3) is 4.14. The molecule has 1 atom stereocenters. The van der Waals surface area contributed by atoms with Gasteiger partial charge in [0.1, 0.15) is 16.9 Å². The molecule has 0 bridgehead atoms. The second-order valence-corrected chi connectivity index (χ2v) is 9.60. The van der Waals surface area contributed by atoms with Crippen molar-refractivity contribution in [2.75, 3.05) is 7.05 Å². The number of rotatable bonds is 6. The van der Waals surface area contributed by atoms with Crippen molar-refractivity contribution in [3.8, 4) is 10.6 Å². The van der Waals surface area contributed by atoms with Crippen LogP contribution in [0.15, 0.2) is 63.4 Å². The van der Waals surface area contributed by atoms with Crippen LogP contribution in [0.25, 0.3) is 10.6 Å². The highest BCUT2D eigenvalue weighted by Crippen LogP contribution is 2.31. The molecule has 2 aromatic carbocycles. The fraction of sp³-hybridized carbons (Fsp3) is 0.111. The summed E-state index contributed by atoms with van der Waals surface area (Å²) in [5.41, 5.74) is 6.31. The maximum Gasteiger partial charge on any atom is 0.262 e. The number of carbonyl (C=O) groups excluding carboxylic acids is 1. The molecule has 0 saturated heterocycles. The number of amides is 1. The number of hydrogen-bond donors (Lipinski definition) is 1. The lowest BCUT2D eigenvalue weighted by atomic mass is 10.1. The van der Waals surface area contributed by atoms with Crippen LogP contribution in [-0.4, -0.2) is 30.7 Å². The molecule has 0 spiro atoms. The van der Waals surface area contributed by atoms with E-state index in [-0.39, 0.29) is 10.6 Å². The summed E-state index contributed by atoms with van der Waals surface area (Å²) in [6.45, 7) is 0. The minimum atomic E-state index is -4.14. The molecule has 0 radical (unpaired) electrons. The lowest BCUT2D eigenvalue weighted by Crippen LogP contribution is -2.39. The molecule has 10 heteroatoms. The van der Waals surface area contributed by atoms with Crippen LogP contribution < -0.4 is 5.73 Å². The largest absolute Gasteiger partial charge is 0.368 e. The summed E-state index contributed by atoms with van der Waals surface area (Å²) < 4.78 is 41.3. The normalized spacial score (nSPS) is 12.9. The first-order valence-electron chi connectivity index (χ1n) is 7.94. The maximum atomic E-state index is 13.6. The number of nitrogens with zero attached hydrogens (tertiary/aromatic N) is 2. The summed E-state index contributed by atoms with van der Waals surface area (Å²) in [6, 6.07) is 11.0. The Labute approximate surface area is 174 Å². The molecule has 0 aliphatic heterocycles. The minimum absolute atomic E-state index is 0.141. The number of hydrogen-bond acceptors (Lipinski definition) is 5. The van der Waals surface area contributed by atoms with Crippen molar-refractivity contribution in [1.29, 1.82) is 0 Å². The van der Waals surface area contributed by atoms with Gasteiger partial charge in [-0.15, -0.1) is 11.3 Å². The zero-order valence-electron chi connectivity index (χ0n) is 14.5. The maximum absolute atomic E-state index is 13.6. The summed E-state index contributed by atoms with van der Waals surface area (Å²) in [4.78, 5) is 16.2. The van der Waals surface area contributed by atoms with Crippen LogP contribution in [-0.2, 0) is 14.8 Å². The van der Waals surface area contributed by atoms with Crippen molar-refractivity contribution >= 4 is 43.2 Å². The average Bonchev–Trinajstić information content (AvgIpc) is 3.13. The third-order valence-corrected chi connectivity index (χ3v) is 7.29. The van der Waals surface area contributed by atoms with Gasteiger partial charge in [0.25, 0.3) is 10.0 Å². The first-order valence-corrected chi connectivity index (χ1v) is 11.1. The molecule has 28 heavy (non-hydrogen) atoms. The molecule has 1 aromatic heterocycles. The Kier molecular flexibility index (Phi) is 5.94. The van der Waals surface area contributed by atoms with Crippen molar-refractivity contribution in [1.82, 2.24) is 9.29 Å². The topological polar surface area (TPSA) is 93.4 Å². The Morgan fingerprint density at radius 1 is 1.25 bits per heavy atom. The smallest absolute Gasteiger partial charge is 0.262 e. The van der Waals surface area contributed by atoms with Gasteiger partial charge < -0.3 is 5.73 Å². The Morgan fingerprint density at radius 3 is 2.54 bits per heavy atom. The van der Waals surface area contributed by atoms with Gasteiger partial charge in [-0.1, -0.05) is 40.2 Å². The molecule has 0 saturated carbocycles. The summed E-state index contributed by atoms with van der Waals surface area (Å²) in [7, 11) is -2.92. The Balaban J connectivity index is 1.97. The number of halogens is 2. The number of aromatic nitrogens is 1. The summed E-state index contributed by atoms with van der Waals surface area (Å²) >= 11 is 4.50. The highest BCUT2D eigenvalue weighted by Gasteiger charge is 2.34. The highest BCUT2D eigenvalue weighted by molar-refractivity contribution is 9.10. The second kappa shape index (κ2) is 8.08. The molecular formula is C18H15BrFN3O3S2. The molecule has 1 unspecified atom stereocenters. The van der Waals surface area contributed by atoms with Crippen LogP contribution in [0.3, 0.4) is 0 Å². The van der Waals surface area contributed by atoms with Gasteiger partial charge in [0, 0.05) is 22.5 Å². The van der Waals surface area contributed by atoms with E-state index in [9.17, 15) is 17.6 Å². The first-order chi connectivity index (χ1) is 13.2. The van der Waals surface area contributed by atoms with Crippen molar-refractivity contribution in [2.24, 2.45) is 5.73 Å². The van der Waals surface area contributed by atoms with Gasteiger partial charge in [-0.05, 0) is 29.8 Å². The number of carbonyl (C=O) groups is 1. The number of nitrogens with two attached hydrogens (primary N) is 1. The predicted octanol–water partition coefficient (Wildman–Crippen LogP) is 3.56. The Hall–Kier alpha value is -2.14. The van der Waals surface area contributed by atoms with E-state index in [2.05, 4.69) is 20.9 Å². The molecule has 2 N–H and O–H groups in total. The molecular weight excluding hydrogens is 469 g/mol. The van der Waals surface area contributed by atoms with Crippen molar-refractivity contribution < 1.29 is 17.6 Å². The molecule has 1 heterocycles. The molecule has 1 amide bonds. The molecule has 6 nitrogen and oxygen atoms in total. The number of primary amides is 1. The summed E-state index contributed by atoms with van der Waals surface area (Å²) in [6.07, 6.45) is 0. The van der Waals surface area contributed by atoms with Crippen LogP contribution in [0.2, 0.25) is 0 Å². The van der Waals surface area contributed by atoms with Gasteiger partial charge in [-0.3, -0.25) is 4.79 Å². The lowest BCUT2D eigenvalue weighted by Gasteiger charge is -2.24. The number of benzene rings is 2. The van der Waals surface area contributed by atoms with E-state index in [1.165, 1.54) is 30.6 Å². The second-order valence-electron chi connectivity index (χ2n) is 5.88. The van der Waals surface area contributed by atoms with Gasteiger partial charge in [-0.25, -0.2) is 17.8 Å². The molecule has 0 aliphatic carbocycles. The average molecular weight is 484 g/mol. The zero-order chi connectivity index (χ0) is 20.5. The molecule has 3 aromatic rings. The predicted molar refractivity (Wildman–Crippen MR) is 109 cm³/mol. The summed E-state index contributed by atoms with van der Waals surface area (Å²) in [5, 5.41) is 1.70. The Morgan fingerprint density at radius 2 is 1.93 bits per heavy atom. The van der Waals surface area contributed by atoms with Gasteiger partial charge in [0.2, 0.25) is 5.91 Å². The SMILES string of the molecule is CN(C(C(N)=O)c1cccc(F)c1)S(=O)(=O)c1csc(-c2ccc(Br)cc2)n1. The standard InChI is InChI=1S/C18H15BrFN3O3S2/c1-23(16(17(21)24)12-3-2-4-14(20)9-12)28(25,26)15-10-27-18(22-15)11-5-7-13(19)8-6-11/h2-10,16H,1H3,(H2,21,24). The lowest BCUT2D eigenvalue weighted by molar-refractivity contribution is -0.121. The Bertz CT molecular complexity index is 1120. The van der Waals surface area contributed by atoms with Crippen LogP contribution in [0.4, 0.5) is 4.39 Å². The minimum Gasteiger partial charge on any atom is -0.368 e. The van der Waals surface area contributed by atoms with Gasteiger partial charge in [0.05, 0.1) is 0 Å². The summed E-state index contributed by atoms with van der Waals surface area (Å²) in [5.74, 6) is -1.51. The highest BCUT2D eigenvalue weighted by atomic mass is 79.9. The fourth-order valence-electron chi connectivity index (χ4n) is 2.62. The number of sulfonamides is 1. The molecule has 0 fully saturated rings. The van der Waals surface area contributed by atoms with Gasteiger partial charge in [0.15, 0.2) is 5.03 Å². The van der Waals surface area contributed by atoms with Crippen molar-refractivity contribution in [2.45, 2.75) is 11.1 Å². The number of likely N-dealkylation sites (N-methyl/N-ethyl adjacent to an activating group) is 1. The van der Waals surface area contributed by atoms with Gasteiger partial charge in [-0.2, -0.15) is 4.31 Å². The quantitative estimate of drug-likeness (QED) is 0.579. The van der Waals surface area contributed by atoms with E-state index in [4.69, 9.17) is 5.73 Å². The van der Waals surface area contributed by atoms with E-state index in [1.807, 2.05) is 24.3 Å². The van der Waals surface area contributed by atoms with Crippen molar-refractivity contribution in [3.05, 3.63) is 69.8 Å². The fourth-order valence-corrected chi connectivity index (χ4v) is 5.26. The van der Waals surface area contributed by atoms with E-state index >= 15 is 0 Å². The third-order valence-electron chi connectivity index (χ3n) is 4.02. The zero-order valence-corrected chi connectivity index (χ0v) is 17.8. The first kappa shape index (κ1) is 20.6. The molecule has 146 valence electrons. The monoisotopic (exact) mass is 483 g/mol.